The lowest BCUT2D eigenvalue weighted by atomic mass is 10.3. The van der Waals surface area contributed by atoms with Gasteiger partial charge in [-0.3, -0.25) is 4.31 Å². The molecule has 1 heterocycles. The van der Waals surface area contributed by atoms with E-state index in [-0.39, 0.29) is 6.61 Å². The number of aliphatic hydroxyl groups is 1. The Morgan fingerprint density at radius 3 is 2.78 bits per heavy atom. The maximum absolute atomic E-state index is 12.2. The van der Waals surface area contributed by atoms with Gasteiger partial charge < -0.3 is 5.11 Å². The number of halogens is 1. The zero-order valence-corrected chi connectivity index (χ0v) is 11.4. The Hall–Kier alpha value is -0.820. The minimum Gasteiger partial charge on any atom is -0.396 e. The van der Waals surface area contributed by atoms with E-state index in [1.165, 1.54) is 8.61 Å². The Kier molecular flexibility index (Phi) is 4.11. The number of rotatable bonds is 4. The van der Waals surface area contributed by atoms with E-state index in [0.717, 1.165) is 0 Å². The molecule has 0 aromatic heterocycles. The lowest BCUT2D eigenvalue weighted by Crippen LogP contribution is -2.33. The van der Waals surface area contributed by atoms with Crippen LogP contribution in [0.1, 0.15) is 6.42 Å². The third-order valence-corrected chi connectivity index (χ3v) is 5.02. The highest BCUT2D eigenvalue weighted by Crippen LogP contribution is 2.27. The van der Waals surface area contributed by atoms with Gasteiger partial charge in [0.2, 0.25) is 0 Å². The average Bonchev–Trinajstić information content (AvgIpc) is 2.61. The van der Waals surface area contributed by atoms with E-state index in [1.54, 1.807) is 24.3 Å². The van der Waals surface area contributed by atoms with Crippen LogP contribution in [0, 0.1) is 0 Å². The second-order valence-corrected chi connectivity index (χ2v) is 6.33. The van der Waals surface area contributed by atoms with Crippen LogP contribution in [0.25, 0.3) is 0 Å². The molecule has 0 spiro atoms. The third-order valence-electron chi connectivity index (χ3n) is 2.82. The van der Waals surface area contributed by atoms with Crippen LogP contribution in [-0.4, -0.2) is 44.1 Å². The topological polar surface area (TPSA) is 60.9 Å². The van der Waals surface area contributed by atoms with E-state index in [1.807, 2.05) is 0 Å². The van der Waals surface area contributed by atoms with Gasteiger partial charge in [-0.1, -0.05) is 17.7 Å². The van der Waals surface area contributed by atoms with Crippen molar-refractivity contribution in [3.8, 4) is 0 Å². The molecule has 0 atom stereocenters. The number of hydrogen-bond donors (Lipinski definition) is 1. The molecule has 1 aromatic rings. The Morgan fingerprint density at radius 2 is 2.11 bits per heavy atom. The normalized spacial score (nSPS) is 19.3. The van der Waals surface area contributed by atoms with Gasteiger partial charge in [0.25, 0.3) is 0 Å². The fourth-order valence-electron chi connectivity index (χ4n) is 1.94. The molecule has 1 saturated heterocycles. The number of hydrogen-bond acceptors (Lipinski definition) is 3. The molecule has 18 heavy (non-hydrogen) atoms. The zero-order chi connectivity index (χ0) is 13.2. The molecule has 0 unspecified atom stereocenters. The summed E-state index contributed by atoms with van der Waals surface area (Å²) in [6.07, 6.45) is 0.447. The highest BCUT2D eigenvalue weighted by Gasteiger charge is 2.36. The summed E-state index contributed by atoms with van der Waals surface area (Å²) in [5.74, 6) is 0. The second-order valence-electron chi connectivity index (χ2n) is 4.04. The molecular weight excluding hydrogens is 276 g/mol. The summed E-state index contributed by atoms with van der Waals surface area (Å²) >= 11 is 5.87. The van der Waals surface area contributed by atoms with Gasteiger partial charge in [0.1, 0.15) is 0 Å². The molecule has 0 aliphatic carbocycles. The van der Waals surface area contributed by atoms with Crippen molar-refractivity contribution in [2.45, 2.75) is 6.42 Å². The molecule has 1 aliphatic rings. The van der Waals surface area contributed by atoms with E-state index in [9.17, 15) is 8.42 Å². The Labute approximate surface area is 112 Å². The molecule has 1 aliphatic heterocycles. The maximum atomic E-state index is 12.2. The molecule has 0 saturated carbocycles. The summed E-state index contributed by atoms with van der Waals surface area (Å²) in [6, 6.07) is 6.79. The molecule has 5 nitrogen and oxygen atoms in total. The Bertz CT molecular complexity index is 521. The van der Waals surface area contributed by atoms with Crippen LogP contribution >= 0.6 is 11.6 Å². The highest BCUT2D eigenvalue weighted by molar-refractivity contribution is 7.90. The van der Waals surface area contributed by atoms with Gasteiger partial charge in [0, 0.05) is 31.3 Å². The highest BCUT2D eigenvalue weighted by atomic mass is 35.5. The first-order chi connectivity index (χ1) is 8.55. The van der Waals surface area contributed by atoms with Crippen LogP contribution in [0.15, 0.2) is 24.3 Å². The van der Waals surface area contributed by atoms with Crippen molar-refractivity contribution in [3.05, 3.63) is 29.3 Å². The molecule has 7 heteroatoms. The summed E-state index contributed by atoms with van der Waals surface area (Å²) in [5.41, 5.74) is 0.578. The summed E-state index contributed by atoms with van der Waals surface area (Å²) in [4.78, 5) is 0. The van der Waals surface area contributed by atoms with Crippen molar-refractivity contribution >= 4 is 27.5 Å². The molecular formula is C11H15ClN2O3S. The van der Waals surface area contributed by atoms with Crippen molar-refractivity contribution in [1.82, 2.24) is 4.31 Å². The SMILES string of the molecule is O=S1(=O)N(CCCO)CCN1c1cccc(Cl)c1. The maximum Gasteiger partial charge on any atom is 0.304 e. The van der Waals surface area contributed by atoms with Crippen molar-refractivity contribution in [3.63, 3.8) is 0 Å². The van der Waals surface area contributed by atoms with E-state index >= 15 is 0 Å². The van der Waals surface area contributed by atoms with E-state index < -0.39 is 10.2 Å². The van der Waals surface area contributed by atoms with Crippen molar-refractivity contribution in [2.75, 3.05) is 30.5 Å². The molecule has 1 aromatic carbocycles. The first kappa shape index (κ1) is 13.6. The molecule has 2 rings (SSSR count). The minimum atomic E-state index is -3.47. The average molecular weight is 291 g/mol. The second kappa shape index (κ2) is 5.44. The molecule has 100 valence electrons. The van der Waals surface area contributed by atoms with Gasteiger partial charge in [-0.05, 0) is 24.6 Å². The standard InChI is InChI=1S/C11H15ClN2O3S/c12-10-3-1-4-11(9-10)14-7-6-13(5-2-8-15)18(14,16)17/h1,3-4,9,15H,2,5-8H2. The van der Waals surface area contributed by atoms with Gasteiger partial charge in [-0.2, -0.15) is 12.7 Å². The van der Waals surface area contributed by atoms with E-state index in [0.29, 0.717) is 36.8 Å². The summed E-state index contributed by atoms with van der Waals surface area (Å²) < 4.78 is 27.2. The van der Waals surface area contributed by atoms with Crippen molar-refractivity contribution in [1.29, 1.82) is 0 Å². The number of benzene rings is 1. The van der Waals surface area contributed by atoms with Crippen LogP contribution in [0.4, 0.5) is 5.69 Å². The van der Waals surface area contributed by atoms with Gasteiger partial charge in [-0.25, -0.2) is 0 Å². The number of aliphatic hydroxyl groups excluding tert-OH is 1. The summed E-state index contributed by atoms with van der Waals surface area (Å²) in [6.45, 7) is 1.18. The lowest BCUT2D eigenvalue weighted by molar-refractivity contribution is 0.273. The largest absolute Gasteiger partial charge is 0.396 e. The van der Waals surface area contributed by atoms with Crippen LogP contribution in [0.2, 0.25) is 5.02 Å². The fraction of sp³-hybridized carbons (Fsp3) is 0.455. The van der Waals surface area contributed by atoms with Crippen LogP contribution in [-0.2, 0) is 10.2 Å². The van der Waals surface area contributed by atoms with Gasteiger partial charge in [-0.15, -0.1) is 0 Å². The van der Waals surface area contributed by atoms with E-state index in [4.69, 9.17) is 16.7 Å². The first-order valence-electron chi connectivity index (χ1n) is 5.70. The molecule has 1 N–H and O–H groups in total. The Balaban J connectivity index is 2.22. The summed E-state index contributed by atoms with van der Waals surface area (Å²) in [5, 5.41) is 9.27. The number of anilines is 1. The van der Waals surface area contributed by atoms with Crippen LogP contribution < -0.4 is 4.31 Å². The van der Waals surface area contributed by atoms with Crippen molar-refractivity contribution < 1.29 is 13.5 Å². The smallest absolute Gasteiger partial charge is 0.304 e. The summed E-state index contributed by atoms with van der Waals surface area (Å²) in [7, 11) is -3.47. The van der Waals surface area contributed by atoms with Gasteiger partial charge in [0.15, 0.2) is 0 Å². The molecule has 1 fully saturated rings. The van der Waals surface area contributed by atoms with Gasteiger partial charge >= 0.3 is 10.2 Å². The molecule has 0 bridgehead atoms. The quantitative estimate of drug-likeness (QED) is 0.903. The minimum absolute atomic E-state index is 0.0107. The zero-order valence-electron chi connectivity index (χ0n) is 9.79. The third kappa shape index (κ3) is 2.61. The predicted octanol–water partition coefficient (Wildman–Crippen LogP) is 1.09. The fourth-order valence-corrected chi connectivity index (χ4v) is 3.77. The first-order valence-corrected chi connectivity index (χ1v) is 7.47. The van der Waals surface area contributed by atoms with Crippen LogP contribution in [0.3, 0.4) is 0 Å². The van der Waals surface area contributed by atoms with Crippen LogP contribution in [0.5, 0.6) is 0 Å². The van der Waals surface area contributed by atoms with E-state index in [2.05, 4.69) is 0 Å². The predicted molar refractivity (Wildman–Crippen MR) is 71.0 cm³/mol. The lowest BCUT2D eigenvalue weighted by Gasteiger charge is -2.20. The van der Waals surface area contributed by atoms with Gasteiger partial charge in [0.05, 0.1) is 5.69 Å². The molecule has 0 amide bonds. The van der Waals surface area contributed by atoms with Crippen molar-refractivity contribution in [2.24, 2.45) is 0 Å². The molecule has 0 radical (unpaired) electrons. The number of nitrogens with zero attached hydrogens (tertiary/aromatic N) is 2. The monoisotopic (exact) mass is 290 g/mol. The Morgan fingerprint density at radius 1 is 1.33 bits per heavy atom.